The SMILES string of the molecule is CC(C)CC(C(=O)O)N1COOC2(CCCCCC2)OOC2(CCCCCC2)OOC1. The van der Waals surface area contributed by atoms with Crippen LogP contribution in [0, 0.1) is 5.92 Å². The average molecular weight is 446 g/mol. The number of nitrogens with zero attached hydrogens (tertiary/aromatic N) is 1. The van der Waals surface area contributed by atoms with Gasteiger partial charge in [-0.25, -0.2) is 14.7 Å². The molecule has 0 aromatic heterocycles. The molecule has 1 heterocycles. The van der Waals surface area contributed by atoms with E-state index in [4.69, 9.17) is 29.3 Å². The van der Waals surface area contributed by atoms with Gasteiger partial charge in [-0.15, -0.1) is 0 Å². The van der Waals surface area contributed by atoms with E-state index in [0.29, 0.717) is 32.1 Å². The highest BCUT2D eigenvalue weighted by Crippen LogP contribution is 2.38. The Morgan fingerprint density at radius 3 is 1.55 bits per heavy atom. The zero-order chi connectivity index (χ0) is 22.2. The molecule has 0 amide bonds. The highest BCUT2D eigenvalue weighted by atomic mass is 17.4. The molecule has 9 nitrogen and oxygen atoms in total. The van der Waals surface area contributed by atoms with Gasteiger partial charge >= 0.3 is 5.97 Å². The molecule has 0 aromatic carbocycles. The standard InChI is InChI=1S/C22H39NO8/c1-18(2)15-19(20(24)25)23-16-26-28-21(11-7-3-4-8-12-21)30-31-22(29-27-17-23)13-9-5-6-10-14-22/h18-19H,3-17H2,1-2H3,(H,24,25). The van der Waals surface area contributed by atoms with Crippen LogP contribution in [0.25, 0.3) is 0 Å². The van der Waals surface area contributed by atoms with Crippen molar-refractivity contribution in [3.63, 3.8) is 0 Å². The molecule has 1 atom stereocenters. The van der Waals surface area contributed by atoms with E-state index in [9.17, 15) is 9.90 Å². The second kappa shape index (κ2) is 11.9. The van der Waals surface area contributed by atoms with Gasteiger partial charge in [0.05, 0.1) is 0 Å². The Balaban J connectivity index is 1.80. The van der Waals surface area contributed by atoms with E-state index in [-0.39, 0.29) is 19.4 Å². The van der Waals surface area contributed by atoms with Crippen molar-refractivity contribution < 1.29 is 39.2 Å². The minimum absolute atomic E-state index is 0.0782. The first-order valence-corrected chi connectivity index (χ1v) is 11.9. The van der Waals surface area contributed by atoms with Crippen LogP contribution in [0.2, 0.25) is 0 Å². The molecule has 1 aliphatic heterocycles. The molecule has 0 bridgehead atoms. The second-order valence-corrected chi connectivity index (χ2v) is 9.55. The summed E-state index contributed by atoms with van der Waals surface area (Å²) in [5.41, 5.74) is 0. The summed E-state index contributed by atoms with van der Waals surface area (Å²) >= 11 is 0. The molecule has 31 heavy (non-hydrogen) atoms. The lowest BCUT2D eigenvalue weighted by Gasteiger charge is -2.35. The monoisotopic (exact) mass is 445 g/mol. The first-order chi connectivity index (χ1) is 14.9. The van der Waals surface area contributed by atoms with Gasteiger partial charge in [-0.1, -0.05) is 39.5 Å². The van der Waals surface area contributed by atoms with E-state index in [1.54, 1.807) is 4.90 Å². The molecule has 0 aromatic rings. The third kappa shape index (κ3) is 7.35. The van der Waals surface area contributed by atoms with Gasteiger partial charge in [-0.05, 0) is 38.0 Å². The Hall–Kier alpha value is -0.810. The lowest BCUT2D eigenvalue weighted by molar-refractivity contribution is -0.579. The van der Waals surface area contributed by atoms with Gasteiger partial charge in [0.1, 0.15) is 19.5 Å². The van der Waals surface area contributed by atoms with E-state index >= 15 is 0 Å². The second-order valence-electron chi connectivity index (χ2n) is 9.55. The molecule has 1 saturated heterocycles. The van der Waals surface area contributed by atoms with Crippen molar-refractivity contribution in [1.82, 2.24) is 4.90 Å². The van der Waals surface area contributed by atoms with E-state index in [1.807, 2.05) is 13.8 Å². The Kier molecular flexibility index (Phi) is 9.51. The third-order valence-electron chi connectivity index (χ3n) is 6.36. The molecule has 3 aliphatic rings. The number of carbonyl (C=O) groups is 1. The van der Waals surface area contributed by atoms with Gasteiger partial charge in [0.2, 0.25) is 11.6 Å². The molecular formula is C22H39NO8. The summed E-state index contributed by atoms with van der Waals surface area (Å²) in [4.78, 5) is 48.2. The molecule has 2 saturated carbocycles. The van der Waals surface area contributed by atoms with Crippen molar-refractivity contribution in [2.75, 3.05) is 13.5 Å². The van der Waals surface area contributed by atoms with Crippen molar-refractivity contribution in [3.05, 3.63) is 0 Å². The van der Waals surface area contributed by atoms with Gasteiger partial charge < -0.3 is 5.11 Å². The summed E-state index contributed by atoms with van der Waals surface area (Å²) < 4.78 is 0. The zero-order valence-corrected chi connectivity index (χ0v) is 19.0. The molecule has 1 unspecified atom stereocenters. The quantitative estimate of drug-likeness (QED) is 0.620. The van der Waals surface area contributed by atoms with Crippen molar-refractivity contribution in [2.45, 2.75) is 115 Å². The van der Waals surface area contributed by atoms with Crippen LogP contribution in [0.1, 0.15) is 97.3 Å². The molecule has 1 N–H and O–H groups in total. The predicted octanol–water partition coefficient (Wildman–Crippen LogP) is 4.66. The Morgan fingerprint density at radius 1 is 0.774 bits per heavy atom. The highest BCUT2D eigenvalue weighted by Gasteiger charge is 2.44. The van der Waals surface area contributed by atoms with E-state index in [0.717, 1.165) is 51.4 Å². The topological polar surface area (TPSA) is 95.9 Å². The predicted molar refractivity (Wildman–Crippen MR) is 110 cm³/mol. The summed E-state index contributed by atoms with van der Waals surface area (Å²) in [6.07, 6.45) is 11.1. The molecule has 2 spiro atoms. The molecule has 3 fully saturated rings. The van der Waals surface area contributed by atoms with Crippen LogP contribution < -0.4 is 0 Å². The normalized spacial score (nSPS) is 27.3. The minimum Gasteiger partial charge on any atom is -0.480 e. The first-order valence-electron chi connectivity index (χ1n) is 11.9. The van der Waals surface area contributed by atoms with Crippen LogP contribution in [0.5, 0.6) is 0 Å². The van der Waals surface area contributed by atoms with E-state index in [2.05, 4.69) is 0 Å². The van der Waals surface area contributed by atoms with Gasteiger partial charge in [-0.2, -0.15) is 19.6 Å². The van der Waals surface area contributed by atoms with Gasteiger partial charge in [0, 0.05) is 25.7 Å². The summed E-state index contributed by atoms with van der Waals surface area (Å²) in [6.45, 7) is 3.82. The number of carboxylic acid groups (broad SMARTS) is 1. The molecule has 2 aliphatic carbocycles. The van der Waals surface area contributed by atoms with Crippen LogP contribution in [0.4, 0.5) is 0 Å². The Labute approximate surface area is 185 Å². The number of carboxylic acids is 1. The molecule has 0 radical (unpaired) electrons. The van der Waals surface area contributed by atoms with E-state index in [1.165, 1.54) is 0 Å². The summed E-state index contributed by atoms with van der Waals surface area (Å²) in [6, 6.07) is -0.787. The molecule has 9 heteroatoms. The van der Waals surface area contributed by atoms with Crippen molar-refractivity contribution in [1.29, 1.82) is 0 Å². The Morgan fingerprint density at radius 2 is 1.19 bits per heavy atom. The van der Waals surface area contributed by atoms with E-state index < -0.39 is 23.6 Å². The fourth-order valence-corrected chi connectivity index (χ4v) is 4.52. The number of hydrogen-bond acceptors (Lipinski definition) is 8. The summed E-state index contributed by atoms with van der Waals surface area (Å²) in [5, 5.41) is 9.79. The maximum absolute atomic E-state index is 12.0. The lowest BCUT2D eigenvalue weighted by atomic mass is 10.0. The largest absolute Gasteiger partial charge is 0.480 e. The summed E-state index contributed by atoms with van der Waals surface area (Å²) in [7, 11) is 0. The smallest absolute Gasteiger partial charge is 0.321 e. The minimum atomic E-state index is -1.04. The van der Waals surface area contributed by atoms with Crippen molar-refractivity contribution in [2.24, 2.45) is 5.92 Å². The van der Waals surface area contributed by atoms with Gasteiger partial charge in [0.15, 0.2) is 0 Å². The highest BCUT2D eigenvalue weighted by molar-refractivity contribution is 5.73. The number of rotatable bonds is 4. The van der Waals surface area contributed by atoms with Gasteiger partial charge in [0.25, 0.3) is 0 Å². The van der Waals surface area contributed by atoms with Crippen LogP contribution >= 0.6 is 0 Å². The maximum atomic E-state index is 12.0. The fraction of sp³-hybridized carbons (Fsp3) is 0.955. The van der Waals surface area contributed by atoms with Crippen molar-refractivity contribution in [3.8, 4) is 0 Å². The fourth-order valence-electron chi connectivity index (χ4n) is 4.52. The number of aliphatic carboxylic acids is 1. The molecule has 180 valence electrons. The average Bonchev–Trinajstić information content (AvgIpc) is 3.12. The zero-order valence-electron chi connectivity index (χ0n) is 19.0. The van der Waals surface area contributed by atoms with Crippen LogP contribution in [-0.4, -0.2) is 47.1 Å². The van der Waals surface area contributed by atoms with Crippen LogP contribution in [0.3, 0.4) is 0 Å². The Bertz CT molecular complexity index is 508. The van der Waals surface area contributed by atoms with Crippen LogP contribution in [-0.2, 0) is 34.1 Å². The maximum Gasteiger partial charge on any atom is 0.321 e. The molecule has 3 rings (SSSR count). The van der Waals surface area contributed by atoms with Crippen LogP contribution in [0.15, 0.2) is 0 Å². The third-order valence-corrected chi connectivity index (χ3v) is 6.36. The van der Waals surface area contributed by atoms with Crippen molar-refractivity contribution >= 4 is 5.97 Å². The first kappa shape index (κ1) is 24.8. The number of hydrogen-bond donors (Lipinski definition) is 1. The summed E-state index contributed by atoms with van der Waals surface area (Å²) in [5.74, 6) is -2.82. The lowest BCUT2D eigenvalue weighted by Crippen LogP contribution is -2.45. The molecular weight excluding hydrogens is 406 g/mol. The van der Waals surface area contributed by atoms with Gasteiger partial charge in [-0.3, -0.25) is 4.79 Å².